The molecule has 1 aliphatic heterocycles. The van der Waals surface area contributed by atoms with E-state index in [1.165, 1.54) is 6.33 Å². The van der Waals surface area contributed by atoms with Crippen LogP contribution in [-0.4, -0.2) is 45.4 Å². The van der Waals surface area contributed by atoms with Crippen molar-refractivity contribution in [2.45, 2.75) is 58.6 Å². The quantitative estimate of drug-likeness (QED) is 0.299. The minimum Gasteiger partial charge on any atom is -0.462 e. The van der Waals surface area contributed by atoms with Gasteiger partial charge < -0.3 is 24.3 Å². The maximum absolute atomic E-state index is 13.7. The SMILES string of the molecule is CC(C)OC(=O)C(C)NP(=O)(OCC1CC(C)C(n2ccc3c(N)ncnc32)O1)Oc1ccccc1. The van der Waals surface area contributed by atoms with E-state index < -0.39 is 19.8 Å². The van der Waals surface area contributed by atoms with E-state index in [0.717, 1.165) is 5.39 Å². The van der Waals surface area contributed by atoms with Crippen LogP contribution in [-0.2, 0) is 23.4 Å². The Morgan fingerprint density at radius 1 is 1.25 bits per heavy atom. The van der Waals surface area contributed by atoms with E-state index in [9.17, 15) is 9.36 Å². The minimum absolute atomic E-state index is 0.0137. The molecular weight excluding hydrogens is 485 g/mol. The fraction of sp³-hybridized carbons (Fsp3) is 0.458. The van der Waals surface area contributed by atoms with Crippen molar-refractivity contribution in [1.82, 2.24) is 19.6 Å². The molecule has 0 spiro atoms. The van der Waals surface area contributed by atoms with Crippen molar-refractivity contribution in [1.29, 1.82) is 0 Å². The summed E-state index contributed by atoms with van der Waals surface area (Å²) in [4.78, 5) is 20.7. The number of nitrogens with zero attached hydrogens (tertiary/aromatic N) is 3. The van der Waals surface area contributed by atoms with E-state index in [2.05, 4.69) is 22.0 Å². The van der Waals surface area contributed by atoms with Crippen LogP contribution in [0, 0.1) is 5.92 Å². The summed E-state index contributed by atoms with van der Waals surface area (Å²) in [5, 5.41) is 3.45. The van der Waals surface area contributed by atoms with Crippen molar-refractivity contribution < 1.29 is 27.9 Å². The fourth-order valence-corrected chi connectivity index (χ4v) is 5.60. The van der Waals surface area contributed by atoms with Gasteiger partial charge in [-0.05, 0) is 45.4 Å². The molecule has 1 fully saturated rings. The van der Waals surface area contributed by atoms with E-state index in [4.69, 9.17) is 24.3 Å². The van der Waals surface area contributed by atoms with Crippen LogP contribution in [0.5, 0.6) is 5.75 Å². The number of para-hydroxylation sites is 1. The lowest BCUT2D eigenvalue weighted by atomic mass is 10.1. The summed E-state index contributed by atoms with van der Waals surface area (Å²) in [6.07, 6.45) is 2.95. The van der Waals surface area contributed by atoms with Gasteiger partial charge in [0.05, 0.1) is 24.2 Å². The summed E-state index contributed by atoms with van der Waals surface area (Å²) < 4.78 is 38.6. The first-order chi connectivity index (χ1) is 17.1. The van der Waals surface area contributed by atoms with Gasteiger partial charge in [0, 0.05) is 12.1 Å². The number of carbonyl (C=O) groups is 1. The van der Waals surface area contributed by atoms with Gasteiger partial charge in [0.2, 0.25) is 0 Å². The number of aromatic nitrogens is 3. The molecule has 12 heteroatoms. The van der Waals surface area contributed by atoms with Gasteiger partial charge in [0.1, 0.15) is 35.8 Å². The third-order valence-electron chi connectivity index (χ3n) is 5.72. The Labute approximate surface area is 209 Å². The molecule has 2 aromatic heterocycles. The third-order valence-corrected chi connectivity index (χ3v) is 7.37. The smallest absolute Gasteiger partial charge is 0.459 e. The highest BCUT2D eigenvalue weighted by Gasteiger charge is 2.38. The molecule has 4 rings (SSSR count). The molecule has 5 unspecified atom stereocenters. The Bertz CT molecular complexity index is 1240. The van der Waals surface area contributed by atoms with E-state index >= 15 is 0 Å². The van der Waals surface area contributed by atoms with Crippen molar-refractivity contribution >= 4 is 30.6 Å². The molecule has 0 amide bonds. The molecule has 0 saturated carbocycles. The lowest BCUT2D eigenvalue weighted by Gasteiger charge is -2.24. The number of carbonyl (C=O) groups excluding carboxylic acids is 1. The fourth-order valence-electron chi connectivity index (χ4n) is 4.08. The van der Waals surface area contributed by atoms with Crippen LogP contribution in [0.25, 0.3) is 11.0 Å². The summed E-state index contributed by atoms with van der Waals surface area (Å²) in [6.45, 7) is 7.07. The normalized spacial score (nSPS) is 22.4. The Hall–Kier alpha value is -2.98. The number of ether oxygens (including phenoxy) is 2. The van der Waals surface area contributed by atoms with Gasteiger partial charge in [0.15, 0.2) is 0 Å². The molecule has 0 bridgehead atoms. The number of fused-ring (bicyclic) bond motifs is 1. The zero-order valence-electron chi connectivity index (χ0n) is 20.7. The van der Waals surface area contributed by atoms with E-state index in [1.807, 2.05) is 22.9 Å². The van der Waals surface area contributed by atoms with Crippen LogP contribution in [0.15, 0.2) is 48.9 Å². The van der Waals surface area contributed by atoms with E-state index in [0.29, 0.717) is 23.6 Å². The summed E-state index contributed by atoms with van der Waals surface area (Å²) in [7, 11) is -3.97. The summed E-state index contributed by atoms with van der Waals surface area (Å²) in [5.41, 5.74) is 6.65. The summed E-state index contributed by atoms with van der Waals surface area (Å²) >= 11 is 0. The predicted molar refractivity (Wildman–Crippen MR) is 134 cm³/mol. The number of anilines is 1. The Balaban J connectivity index is 1.46. The summed E-state index contributed by atoms with van der Waals surface area (Å²) in [6, 6.07) is 9.56. The van der Waals surface area contributed by atoms with Crippen LogP contribution in [0.3, 0.4) is 0 Å². The van der Waals surface area contributed by atoms with Gasteiger partial charge in [-0.15, -0.1) is 0 Å². The molecular formula is C24H32N5O6P. The Morgan fingerprint density at radius 3 is 2.72 bits per heavy atom. The molecule has 1 aliphatic rings. The number of hydrogen-bond acceptors (Lipinski definition) is 9. The van der Waals surface area contributed by atoms with Gasteiger partial charge in [-0.1, -0.05) is 25.1 Å². The van der Waals surface area contributed by atoms with Crippen molar-refractivity contribution in [2.24, 2.45) is 5.92 Å². The number of nitrogens with two attached hydrogens (primary N) is 1. The second kappa shape index (κ2) is 11.0. The second-order valence-electron chi connectivity index (χ2n) is 9.11. The molecule has 3 heterocycles. The molecule has 1 aromatic carbocycles. The van der Waals surface area contributed by atoms with Crippen LogP contribution in [0.1, 0.15) is 40.3 Å². The Kier molecular flexibility index (Phi) is 7.94. The molecule has 194 valence electrons. The van der Waals surface area contributed by atoms with Crippen LogP contribution in [0.2, 0.25) is 0 Å². The molecule has 11 nitrogen and oxygen atoms in total. The highest BCUT2D eigenvalue weighted by atomic mass is 31.2. The highest BCUT2D eigenvalue weighted by Crippen LogP contribution is 2.46. The predicted octanol–water partition coefficient (Wildman–Crippen LogP) is 4.07. The van der Waals surface area contributed by atoms with Crippen molar-refractivity contribution in [3.8, 4) is 5.75 Å². The number of esters is 1. The average Bonchev–Trinajstić information content (AvgIpc) is 3.41. The first-order valence-electron chi connectivity index (χ1n) is 11.8. The van der Waals surface area contributed by atoms with Crippen LogP contribution in [0.4, 0.5) is 5.82 Å². The maximum atomic E-state index is 13.7. The topological polar surface area (TPSA) is 140 Å². The molecule has 3 N–H and O–H groups in total. The number of nitrogens with one attached hydrogen (secondary N) is 1. The number of rotatable bonds is 10. The molecule has 36 heavy (non-hydrogen) atoms. The van der Waals surface area contributed by atoms with E-state index in [-0.39, 0.29) is 31.0 Å². The highest BCUT2D eigenvalue weighted by molar-refractivity contribution is 7.52. The monoisotopic (exact) mass is 517 g/mol. The average molecular weight is 518 g/mol. The van der Waals surface area contributed by atoms with Gasteiger partial charge in [-0.25, -0.2) is 14.5 Å². The van der Waals surface area contributed by atoms with Crippen molar-refractivity contribution in [3.63, 3.8) is 0 Å². The van der Waals surface area contributed by atoms with Crippen LogP contribution < -0.4 is 15.3 Å². The first-order valence-corrected chi connectivity index (χ1v) is 13.4. The zero-order valence-corrected chi connectivity index (χ0v) is 21.6. The Morgan fingerprint density at radius 2 is 2.00 bits per heavy atom. The van der Waals surface area contributed by atoms with Gasteiger partial charge in [-0.2, -0.15) is 5.09 Å². The lowest BCUT2D eigenvalue weighted by Crippen LogP contribution is -2.36. The lowest BCUT2D eigenvalue weighted by molar-refractivity contribution is -0.149. The largest absolute Gasteiger partial charge is 0.462 e. The molecule has 3 aromatic rings. The van der Waals surface area contributed by atoms with Gasteiger partial charge >= 0.3 is 13.7 Å². The number of hydrogen-bond donors (Lipinski definition) is 2. The van der Waals surface area contributed by atoms with E-state index in [1.54, 1.807) is 45.0 Å². The standard InChI is InChI=1S/C24H32N5O6P/c1-15(2)33-24(30)17(4)28-36(31,35-18-8-6-5-7-9-18)32-13-19-12-16(3)23(34-19)29-11-10-20-21(25)26-14-27-22(20)29/h5-11,14-17,19,23H,12-13H2,1-4H3,(H,28,31)(H2,25,26,27). The minimum atomic E-state index is -3.97. The third kappa shape index (κ3) is 6.04. The number of benzene rings is 1. The summed E-state index contributed by atoms with van der Waals surface area (Å²) in [5.74, 6) is 0.302. The molecule has 0 aliphatic carbocycles. The molecule has 5 atom stereocenters. The maximum Gasteiger partial charge on any atom is 0.459 e. The molecule has 0 radical (unpaired) electrons. The van der Waals surface area contributed by atoms with Gasteiger partial charge in [0.25, 0.3) is 0 Å². The number of nitrogen functional groups attached to an aromatic ring is 1. The van der Waals surface area contributed by atoms with Crippen molar-refractivity contribution in [3.05, 3.63) is 48.9 Å². The first kappa shape index (κ1) is 26.1. The molecule has 1 saturated heterocycles. The van der Waals surface area contributed by atoms with Crippen molar-refractivity contribution in [2.75, 3.05) is 12.3 Å². The zero-order chi connectivity index (χ0) is 25.9. The van der Waals surface area contributed by atoms with Crippen LogP contribution >= 0.6 is 7.75 Å². The van der Waals surface area contributed by atoms with Gasteiger partial charge in [-0.3, -0.25) is 9.32 Å². The second-order valence-corrected chi connectivity index (χ2v) is 10.8.